The van der Waals surface area contributed by atoms with E-state index in [1.807, 2.05) is 36.2 Å². The van der Waals surface area contributed by atoms with Crippen molar-refractivity contribution < 1.29 is 19.0 Å². The van der Waals surface area contributed by atoms with Gasteiger partial charge < -0.3 is 19.1 Å². The smallest absolute Gasteiger partial charge is 0.339 e. The first kappa shape index (κ1) is 16.1. The first-order valence-corrected chi connectivity index (χ1v) is 7.90. The molecule has 0 saturated carbocycles. The lowest BCUT2D eigenvalue weighted by atomic mass is 10.2. The molecule has 1 aromatic heterocycles. The summed E-state index contributed by atoms with van der Waals surface area (Å²) >= 11 is 0. The summed E-state index contributed by atoms with van der Waals surface area (Å²) in [6, 6.07) is 11.1. The van der Waals surface area contributed by atoms with E-state index in [1.165, 1.54) is 6.20 Å². The van der Waals surface area contributed by atoms with Gasteiger partial charge in [-0.2, -0.15) is 0 Å². The summed E-state index contributed by atoms with van der Waals surface area (Å²) < 4.78 is 16.6. The zero-order chi connectivity index (χ0) is 16.9. The van der Waals surface area contributed by atoms with Crippen molar-refractivity contribution in [3.05, 3.63) is 48.2 Å². The molecule has 1 aliphatic heterocycles. The van der Waals surface area contributed by atoms with Crippen molar-refractivity contribution >= 4 is 11.8 Å². The number of hydrogen-bond acceptors (Lipinski definition) is 6. The third kappa shape index (κ3) is 3.59. The van der Waals surface area contributed by atoms with Crippen LogP contribution < -0.4 is 14.4 Å². The van der Waals surface area contributed by atoms with Crippen LogP contribution in [-0.2, 0) is 4.74 Å². The summed E-state index contributed by atoms with van der Waals surface area (Å²) in [6.07, 6.45) is 1.44. The number of anilines is 1. The molecule has 0 amide bonds. The van der Waals surface area contributed by atoms with Gasteiger partial charge in [0.05, 0.1) is 18.7 Å². The van der Waals surface area contributed by atoms with Crippen LogP contribution >= 0.6 is 0 Å². The molecule has 1 atom stereocenters. The van der Waals surface area contributed by atoms with Gasteiger partial charge in [-0.1, -0.05) is 12.1 Å². The maximum atomic E-state index is 11.6. The van der Waals surface area contributed by atoms with E-state index >= 15 is 0 Å². The molecule has 126 valence electrons. The number of hydrogen-bond donors (Lipinski definition) is 0. The topological polar surface area (TPSA) is 60.9 Å². The number of benzene rings is 1. The lowest BCUT2D eigenvalue weighted by Crippen LogP contribution is -2.39. The zero-order valence-corrected chi connectivity index (χ0v) is 13.8. The Morgan fingerprint density at radius 2 is 2.08 bits per heavy atom. The molecule has 0 saturated heterocycles. The van der Waals surface area contributed by atoms with Crippen LogP contribution in [0.25, 0.3) is 0 Å². The van der Waals surface area contributed by atoms with Crippen molar-refractivity contribution in [2.45, 2.75) is 13.0 Å². The van der Waals surface area contributed by atoms with Gasteiger partial charge in [0, 0.05) is 13.2 Å². The number of carbonyl (C=O) groups excluding carboxylic acids is 1. The second kappa shape index (κ2) is 7.21. The van der Waals surface area contributed by atoms with Gasteiger partial charge in [0.1, 0.15) is 12.4 Å². The Morgan fingerprint density at radius 3 is 2.79 bits per heavy atom. The summed E-state index contributed by atoms with van der Waals surface area (Å²) in [6.45, 7) is 3.24. The Balaban J connectivity index is 1.61. The number of pyridine rings is 1. The Labute approximate surface area is 141 Å². The highest BCUT2D eigenvalue weighted by atomic mass is 16.6. The van der Waals surface area contributed by atoms with Gasteiger partial charge in [-0.05, 0) is 31.2 Å². The average molecular weight is 328 g/mol. The number of likely N-dealkylation sites (N-methyl/N-ethyl adjacent to an activating group) is 1. The maximum Gasteiger partial charge on any atom is 0.339 e. The van der Waals surface area contributed by atoms with Crippen LogP contribution in [0.5, 0.6) is 11.5 Å². The first-order valence-electron chi connectivity index (χ1n) is 7.90. The van der Waals surface area contributed by atoms with E-state index < -0.39 is 0 Å². The van der Waals surface area contributed by atoms with Gasteiger partial charge in [-0.25, -0.2) is 9.78 Å². The third-order valence-electron chi connectivity index (χ3n) is 3.70. The normalized spacial score (nSPS) is 15.7. The van der Waals surface area contributed by atoms with Gasteiger partial charge in [0.15, 0.2) is 17.6 Å². The monoisotopic (exact) mass is 328 g/mol. The van der Waals surface area contributed by atoms with Crippen LogP contribution in [-0.4, -0.2) is 43.9 Å². The molecule has 0 N–H and O–H groups in total. The summed E-state index contributed by atoms with van der Waals surface area (Å²) in [5.41, 5.74) is 0.445. The molecule has 0 aliphatic carbocycles. The van der Waals surface area contributed by atoms with E-state index in [9.17, 15) is 4.79 Å². The summed E-state index contributed by atoms with van der Waals surface area (Å²) in [5, 5.41) is 0. The summed E-state index contributed by atoms with van der Waals surface area (Å²) in [7, 11) is 1.93. The molecule has 24 heavy (non-hydrogen) atoms. The molecule has 3 rings (SSSR count). The lowest BCUT2D eigenvalue weighted by molar-refractivity contribution is 0.0526. The van der Waals surface area contributed by atoms with Gasteiger partial charge in [0.2, 0.25) is 0 Å². The van der Waals surface area contributed by atoms with Crippen molar-refractivity contribution in [1.29, 1.82) is 0 Å². The largest absolute Gasteiger partial charge is 0.486 e. The Bertz CT molecular complexity index is 702. The Morgan fingerprint density at radius 1 is 1.29 bits per heavy atom. The minimum absolute atomic E-state index is 0.0866. The lowest BCUT2D eigenvalue weighted by Gasteiger charge is -2.30. The number of nitrogens with zero attached hydrogens (tertiary/aromatic N) is 2. The van der Waals surface area contributed by atoms with Gasteiger partial charge in [-0.3, -0.25) is 0 Å². The maximum absolute atomic E-state index is 11.6. The molecular formula is C18H20N2O4. The molecule has 0 unspecified atom stereocenters. The van der Waals surface area contributed by atoms with E-state index in [1.54, 1.807) is 19.1 Å². The van der Waals surface area contributed by atoms with Crippen molar-refractivity contribution in [3.8, 4) is 11.5 Å². The number of esters is 1. The average Bonchev–Trinajstić information content (AvgIpc) is 2.62. The second-order valence-electron chi connectivity index (χ2n) is 5.50. The van der Waals surface area contributed by atoms with E-state index in [2.05, 4.69) is 4.98 Å². The molecular weight excluding hydrogens is 308 g/mol. The van der Waals surface area contributed by atoms with Gasteiger partial charge in [-0.15, -0.1) is 0 Å². The van der Waals surface area contributed by atoms with Crippen LogP contribution in [0, 0.1) is 0 Å². The molecule has 1 aliphatic rings. The predicted octanol–water partition coefficient (Wildman–Crippen LogP) is 2.53. The zero-order valence-electron chi connectivity index (χ0n) is 13.8. The van der Waals surface area contributed by atoms with Crippen molar-refractivity contribution in [2.24, 2.45) is 0 Å². The van der Waals surface area contributed by atoms with Crippen molar-refractivity contribution in [2.75, 3.05) is 31.7 Å². The van der Waals surface area contributed by atoms with Crippen LogP contribution in [0.3, 0.4) is 0 Å². The fourth-order valence-corrected chi connectivity index (χ4v) is 2.50. The van der Waals surface area contributed by atoms with Crippen LogP contribution in [0.4, 0.5) is 5.82 Å². The van der Waals surface area contributed by atoms with E-state index in [0.717, 1.165) is 17.3 Å². The molecule has 6 heteroatoms. The number of ether oxygens (including phenoxy) is 3. The van der Waals surface area contributed by atoms with Gasteiger partial charge >= 0.3 is 5.97 Å². The highest BCUT2D eigenvalue weighted by Crippen LogP contribution is 2.31. The standard InChI is InChI=1S/C18H20N2O4/c1-3-22-18(21)13-8-9-17(19-10-13)20(2)11-14-12-23-15-6-4-5-7-16(15)24-14/h4-10,14H,3,11-12H2,1-2H3/t14-/m1/s1. The number of aromatic nitrogens is 1. The quantitative estimate of drug-likeness (QED) is 0.786. The van der Waals surface area contributed by atoms with Crippen LogP contribution in [0.1, 0.15) is 17.3 Å². The number of rotatable bonds is 5. The highest BCUT2D eigenvalue weighted by Gasteiger charge is 2.22. The number of para-hydroxylation sites is 2. The number of carbonyl (C=O) groups is 1. The van der Waals surface area contributed by atoms with E-state index in [0.29, 0.717) is 25.3 Å². The minimum Gasteiger partial charge on any atom is -0.486 e. The highest BCUT2D eigenvalue weighted by molar-refractivity contribution is 5.89. The molecule has 0 spiro atoms. The molecule has 2 aromatic rings. The fraction of sp³-hybridized carbons (Fsp3) is 0.333. The SMILES string of the molecule is CCOC(=O)c1ccc(N(C)C[C@@H]2COc3ccccc3O2)nc1. The number of fused-ring (bicyclic) bond motifs is 1. The summed E-state index contributed by atoms with van der Waals surface area (Å²) in [5.74, 6) is 1.92. The van der Waals surface area contributed by atoms with Crippen molar-refractivity contribution in [3.63, 3.8) is 0 Å². The first-order chi connectivity index (χ1) is 11.7. The molecule has 0 bridgehead atoms. The molecule has 0 radical (unpaired) electrons. The van der Waals surface area contributed by atoms with Crippen LogP contribution in [0.2, 0.25) is 0 Å². The summed E-state index contributed by atoms with van der Waals surface area (Å²) in [4.78, 5) is 17.9. The van der Waals surface area contributed by atoms with E-state index in [4.69, 9.17) is 14.2 Å². The Kier molecular flexibility index (Phi) is 4.84. The molecule has 6 nitrogen and oxygen atoms in total. The molecule has 2 heterocycles. The Hall–Kier alpha value is -2.76. The molecule has 0 fully saturated rings. The minimum atomic E-state index is -0.361. The van der Waals surface area contributed by atoms with Crippen LogP contribution in [0.15, 0.2) is 42.6 Å². The second-order valence-corrected chi connectivity index (χ2v) is 5.50. The molecule has 1 aromatic carbocycles. The van der Waals surface area contributed by atoms with Gasteiger partial charge in [0.25, 0.3) is 0 Å². The van der Waals surface area contributed by atoms with E-state index in [-0.39, 0.29) is 12.1 Å². The fourth-order valence-electron chi connectivity index (χ4n) is 2.50. The predicted molar refractivity (Wildman–Crippen MR) is 89.8 cm³/mol. The third-order valence-corrected chi connectivity index (χ3v) is 3.70. The van der Waals surface area contributed by atoms with Crippen molar-refractivity contribution in [1.82, 2.24) is 4.98 Å².